The number of rotatable bonds is 16. The second kappa shape index (κ2) is 13.1. The molecule has 0 amide bonds. The lowest BCUT2D eigenvalue weighted by atomic mass is 9.99. The van der Waals surface area contributed by atoms with Crippen LogP contribution in [0.4, 0.5) is 5.82 Å². The fourth-order valence-corrected chi connectivity index (χ4v) is 5.64. The van der Waals surface area contributed by atoms with Gasteiger partial charge in [0.2, 0.25) is 0 Å². The number of fused-ring (bicyclic) bond motifs is 2. The molecule has 2 saturated heterocycles. The number of aromatic nitrogens is 4. The molecule has 36 heavy (non-hydrogen) atoms. The Morgan fingerprint density at radius 1 is 0.861 bits per heavy atom. The molecule has 2 aromatic heterocycles. The van der Waals surface area contributed by atoms with Gasteiger partial charge in [-0.05, 0) is 12.8 Å². The average Bonchev–Trinajstić information content (AvgIpc) is 3.56. The zero-order valence-electron chi connectivity index (χ0n) is 22.1. The maximum Gasteiger partial charge on any atom is 0.169 e. The summed E-state index contributed by atoms with van der Waals surface area (Å²) in [6.07, 6.45) is 17.9. The quantitative estimate of drug-likeness (QED) is 0.297. The molecule has 2 aliphatic heterocycles. The molecule has 2 aromatic rings. The molecule has 0 bridgehead atoms. The van der Waals surface area contributed by atoms with Gasteiger partial charge < -0.3 is 25.1 Å². The third-order valence-electron chi connectivity index (χ3n) is 7.65. The molecule has 4 rings (SSSR count). The number of hydrogen-bond donors (Lipinski definition) is 2. The summed E-state index contributed by atoms with van der Waals surface area (Å²) < 4.78 is 21.6. The van der Waals surface area contributed by atoms with Gasteiger partial charge >= 0.3 is 0 Å². The van der Waals surface area contributed by atoms with Crippen LogP contribution in [-0.4, -0.2) is 55.3 Å². The molecule has 0 radical (unpaired) electrons. The van der Waals surface area contributed by atoms with E-state index in [1.54, 1.807) is 6.33 Å². The standard InChI is InChI=1S/C27H45N5O4/c1-3-5-7-9-11-13-15-27(16-14-12-10-8-6-4-2)35-22-20(17-33)34-26(23(22)36-27)32-19-31-21-24(28)29-18-30-25(21)32/h18-20,22-23,26,33H,3-17H2,1-2H3,(H2,28,29,30)/t20-,22-,23-,26-/m1/s1. The maximum atomic E-state index is 10.1. The summed E-state index contributed by atoms with van der Waals surface area (Å²) in [6, 6.07) is 0. The van der Waals surface area contributed by atoms with Crippen LogP contribution in [0.3, 0.4) is 0 Å². The monoisotopic (exact) mass is 503 g/mol. The second-order valence-electron chi connectivity index (χ2n) is 10.4. The van der Waals surface area contributed by atoms with E-state index in [0.29, 0.717) is 17.0 Å². The fourth-order valence-electron chi connectivity index (χ4n) is 5.64. The van der Waals surface area contributed by atoms with Crippen LogP contribution in [0.2, 0.25) is 0 Å². The van der Waals surface area contributed by atoms with Crippen LogP contribution in [0.1, 0.15) is 110 Å². The van der Waals surface area contributed by atoms with Crippen LogP contribution >= 0.6 is 0 Å². The minimum atomic E-state index is -0.634. The van der Waals surface area contributed by atoms with Crippen molar-refractivity contribution in [1.82, 2.24) is 19.5 Å². The van der Waals surface area contributed by atoms with E-state index in [1.165, 1.54) is 70.5 Å². The van der Waals surface area contributed by atoms with Gasteiger partial charge in [0.25, 0.3) is 0 Å². The smallest absolute Gasteiger partial charge is 0.169 e. The van der Waals surface area contributed by atoms with E-state index < -0.39 is 18.1 Å². The minimum absolute atomic E-state index is 0.130. The summed E-state index contributed by atoms with van der Waals surface area (Å²) in [5.74, 6) is -0.305. The maximum absolute atomic E-state index is 10.1. The molecular weight excluding hydrogens is 458 g/mol. The van der Waals surface area contributed by atoms with Crippen molar-refractivity contribution >= 4 is 17.0 Å². The Labute approximate surface area is 215 Å². The number of ether oxygens (including phenoxy) is 3. The highest BCUT2D eigenvalue weighted by Gasteiger charge is 2.58. The molecule has 0 unspecified atom stereocenters. The first-order valence-electron chi connectivity index (χ1n) is 14.2. The summed E-state index contributed by atoms with van der Waals surface area (Å²) in [5, 5.41) is 10.1. The van der Waals surface area contributed by atoms with Gasteiger partial charge in [-0.2, -0.15) is 0 Å². The molecule has 0 saturated carbocycles. The van der Waals surface area contributed by atoms with E-state index in [9.17, 15) is 5.11 Å². The number of unbranched alkanes of at least 4 members (excludes halogenated alkanes) is 10. The zero-order valence-corrected chi connectivity index (χ0v) is 22.1. The summed E-state index contributed by atoms with van der Waals surface area (Å²) in [5.41, 5.74) is 7.14. The second-order valence-corrected chi connectivity index (χ2v) is 10.4. The van der Waals surface area contributed by atoms with Gasteiger partial charge in [0.15, 0.2) is 23.5 Å². The van der Waals surface area contributed by atoms with Crippen molar-refractivity contribution in [3.63, 3.8) is 0 Å². The van der Waals surface area contributed by atoms with Gasteiger partial charge in [-0.15, -0.1) is 0 Å². The lowest BCUT2D eigenvalue weighted by Gasteiger charge is -2.31. The first-order valence-corrected chi connectivity index (χ1v) is 14.2. The number of imidazole rings is 1. The summed E-state index contributed by atoms with van der Waals surface area (Å²) in [7, 11) is 0. The Hall–Kier alpha value is -1.81. The number of aliphatic hydroxyl groups is 1. The van der Waals surface area contributed by atoms with Crippen LogP contribution in [0.15, 0.2) is 12.7 Å². The third-order valence-corrected chi connectivity index (χ3v) is 7.65. The molecule has 3 N–H and O–H groups in total. The summed E-state index contributed by atoms with van der Waals surface area (Å²) in [4.78, 5) is 12.8. The largest absolute Gasteiger partial charge is 0.394 e. The third kappa shape index (κ3) is 6.18. The van der Waals surface area contributed by atoms with Crippen molar-refractivity contribution in [3.05, 3.63) is 12.7 Å². The predicted molar refractivity (Wildman–Crippen MR) is 139 cm³/mol. The molecule has 9 heteroatoms. The Kier molecular flexibility index (Phi) is 9.93. The van der Waals surface area contributed by atoms with Crippen molar-refractivity contribution in [3.8, 4) is 0 Å². The highest BCUT2D eigenvalue weighted by Crippen LogP contribution is 2.47. The van der Waals surface area contributed by atoms with E-state index >= 15 is 0 Å². The SMILES string of the molecule is CCCCCCCCC1(CCCCCCCC)O[C@@H]2[C@H](O1)[C@@H](CO)O[C@H]2n1cnc2c(N)ncnc21. The molecule has 0 aliphatic carbocycles. The molecule has 4 atom stereocenters. The number of nitrogen functional groups attached to an aromatic ring is 1. The van der Waals surface area contributed by atoms with Crippen molar-refractivity contribution in [1.29, 1.82) is 0 Å². The van der Waals surface area contributed by atoms with Gasteiger partial charge in [0, 0.05) is 12.8 Å². The topological polar surface area (TPSA) is 118 Å². The lowest BCUT2D eigenvalue weighted by Crippen LogP contribution is -2.36. The van der Waals surface area contributed by atoms with Gasteiger partial charge in [0.05, 0.1) is 12.9 Å². The number of nitrogens with zero attached hydrogens (tertiary/aromatic N) is 4. The Bertz CT molecular complexity index is 922. The Morgan fingerprint density at radius 2 is 1.47 bits per heavy atom. The molecular formula is C27H45N5O4. The number of anilines is 1. The Morgan fingerprint density at radius 3 is 2.11 bits per heavy atom. The minimum Gasteiger partial charge on any atom is -0.394 e. The van der Waals surface area contributed by atoms with Crippen LogP contribution in [0, 0.1) is 0 Å². The van der Waals surface area contributed by atoms with Crippen LogP contribution < -0.4 is 5.73 Å². The molecule has 202 valence electrons. The lowest BCUT2D eigenvalue weighted by molar-refractivity contribution is -0.227. The van der Waals surface area contributed by atoms with E-state index in [2.05, 4.69) is 28.8 Å². The highest BCUT2D eigenvalue weighted by molar-refractivity contribution is 5.81. The van der Waals surface area contributed by atoms with Crippen LogP contribution in [0.25, 0.3) is 11.2 Å². The van der Waals surface area contributed by atoms with Crippen molar-refractivity contribution in [2.45, 2.75) is 134 Å². The molecule has 2 aliphatic rings. The molecule has 2 fully saturated rings. The summed E-state index contributed by atoms with van der Waals surface area (Å²) >= 11 is 0. The van der Waals surface area contributed by atoms with Crippen molar-refractivity contribution in [2.24, 2.45) is 0 Å². The number of aliphatic hydroxyl groups excluding tert-OH is 1. The van der Waals surface area contributed by atoms with Crippen LogP contribution in [0.5, 0.6) is 0 Å². The van der Waals surface area contributed by atoms with Gasteiger partial charge in [-0.25, -0.2) is 15.0 Å². The zero-order chi connectivity index (χ0) is 25.4. The number of hydrogen-bond acceptors (Lipinski definition) is 8. The van der Waals surface area contributed by atoms with Crippen LogP contribution in [-0.2, 0) is 14.2 Å². The molecule has 0 aromatic carbocycles. The van der Waals surface area contributed by atoms with E-state index in [1.807, 2.05) is 4.57 Å². The molecule has 9 nitrogen and oxygen atoms in total. The normalized spacial score (nSPS) is 25.1. The highest BCUT2D eigenvalue weighted by atomic mass is 16.8. The van der Waals surface area contributed by atoms with E-state index in [4.69, 9.17) is 19.9 Å². The van der Waals surface area contributed by atoms with E-state index in [0.717, 1.165) is 25.7 Å². The van der Waals surface area contributed by atoms with Crippen molar-refractivity contribution in [2.75, 3.05) is 12.3 Å². The average molecular weight is 504 g/mol. The van der Waals surface area contributed by atoms with Gasteiger partial charge in [0.1, 0.15) is 30.2 Å². The first kappa shape index (κ1) is 27.2. The fraction of sp³-hybridized carbons (Fsp3) is 0.815. The van der Waals surface area contributed by atoms with E-state index in [-0.39, 0.29) is 18.8 Å². The molecule has 0 spiro atoms. The van der Waals surface area contributed by atoms with Gasteiger partial charge in [-0.3, -0.25) is 4.57 Å². The Balaban J connectivity index is 1.47. The number of nitrogens with two attached hydrogens (primary N) is 1. The van der Waals surface area contributed by atoms with Gasteiger partial charge in [-0.1, -0.05) is 78.1 Å². The van der Waals surface area contributed by atoms with Crippen molar-refractivity contribution < 1.29 is 19.3 Å². The molecule has 4 heterocycles. The predicted octanol–water partition coefficient (Wildman–Crippen LogP) is 5.28. The first-order chi connectivity index (χ1) is 17.6. The summed E-state index contributed by atoms with van der Waals surface area (Å²) in [6.45, 7) is 4.36.